The topological polar surface area (TPSA) is 200 Å². The number of imidazole rings is 1. The molecule has 0 radical (unpaired) electrons. The van der Waals surface area contributed by atoms with Crippen LogP contribution in [-0.4, -0.2) is 73.8 Å². The Morgan fingerprint density at radius 1 is 1.00 bits per heavy atom. The molecule has 0 spiro atoms. The summed E-state index contributed by atoms with van der Waals surface area (Å²) in [6, 6.07) is 1.50. The van der Waals surface area contributed by atoms with Crippen LogP contribution in [0.1, 0.15) is 18.2 Å². The van der Waals surface area contributed by atoms with E-state index < -0.39 is 47.9 Å². The molecular formula is C21H28N6O6S. The van der Waals surface area contributed by atoms with Gasteiger partial charge in [0.05, 0.1) is 12.4 Å². The molecule has 4 unspecified atom stereocenters. The standard InChI is InChI=1S/C21H28N6O6S/c1-11(22)18(29)25-15(7-13-8-23-10-24-13)19(30)27-17(9-34)20(31)26-16(21(32)33)6-12-2-4-14(28)5-3-12/h2-5,8,10-11,15-17,28,34H,6-7,9,22H2,1H3,(H,23,24)(H,25,29)(H,26,31)(H,27,30)(H,32,33). The van der Waals surface area contributed by atoms with Gasteiger partial charge in [-0.3, -0.25) is 14.4 Å². The second kappa shape index (κ2) is 12.6. The Balaban J connectivity index is 2.08. The fraction of sp³-hybridized carbons (Fsp3) is 0.381. The van der Waals surface area contributed by atoms with Crippen molar-refractivity contribution < 1.29 is 29.4 Å². The quantitative estimate of drug-likeness (QED) is 0.167. The van der Waals surface area contributed by atoms with E-state index in [2.05, 4.69) is 38.5 Å². The van der Waals surface area contributed by atoms with Crippen molar-refractivity contribution in [2.24, 2.45) is 5.73 Å². The van der Waals surface area contributed by atoms with E-state index in [1.165, 1.54) is 43.7 Å². The molecule has 0 bridgehead atoms. The predicted molar refractivity (Wildman–Crippen MR) is 125 cm³/mol. The molecule has 4 atom stereocenters. The number of carboxylic acids is 1. The first-order valence-corrected chi connectivity index (χ1v) is 11.0. The number of carboxylic acid groups (broad SMARTS) is 1. The van der Waals surface area contributed by atoms with E-state index in [9.17, 15) is 29.4 Å². The van der Waals surface area contributed by atoms with Crippen LogP contribution in [-0.2, 0) is 32.0 Å². The number of phenolic OH excluding ortho intramolecular Hbond substituents is 1. The molecule has 13 heteroatoms. The first-order chi connectivity index (χ1) is 16.1. The summed E-state index contributed by atoms with van der Waals surface area (Å²) in [4.78, 5) is 56.1. The Morgan fingerprint density at radius 3 is 2.12 bits per heavy atom. The lowest BCUT2D eigenvalue weighted by Crippen LogP contribution is -2.58. The van der Waals surface area contributed by atoms with E-state index in [4.69, 9.17) is 5.73 Å². The van der Waals surface area contributed by atoms with Gasteiger partial charge in [0.25, 0.3) is 0 Å². The summed E-state index contributed by atoms with van der Waals surface area (Å²) >= 11 is 4.10. The molecule has 184 valence electrons. The fourth-order valence-corrected chi connectivity index (χ4v) is 3.19. The molecular weight excluding hydrogens is 464 g/mol. The summed E-state index contributed by atoms with van der Waals surface area (Å²) in [5.41, 5.74) is 6.72. The largest absolute Gasteiger partial charge is 0.508 e. The Kier molecular flexibility index (Phi) is 9.89. The zero-order valence-electron chi connectivity index (χ0n) is 18.4. The summed E-state index contributed by atoms with van der Waals surface area (Å²) in [5, 5.41) is 26.3. The molecule has 0 saturated heterocycles. The van der Waals surface area contributed by atoms with Crippen molar-refractivity contribution in [2.45, 2.75) is 43.9 Å². The van der Waals surface area contributed by atoms with Crippen LogP contribution < -0.4 is 21.7 Å². The Bertz CT molecular complexity index is 982. The lowest BCUT2D eigenvalue weighted by Gasteiger charge is -2.24. The van der Waals surface area contributed by atoms with Gasteiger partial charge in [0.1, 0.15) is 23.9 Å². The van der Waals surface area contributed by atoms with Crippen molar-refractivity contribution in [3.05, 3.63) is 48.0 Å². The van der Waals surface area contributed by atoms with Crippen molar-refractivity contribution in [3.63, 3.8) is 0 Å². The third-order valence-corrected chi connectivity index (χ3v) is 5.20. The van der Waals surface area contributed by atoms with Crippen molar-refractivity contribution >= 4 is 36.3 Å². The third-order valence-electron chi connectivity index (χ3n) is 4.83. The molecule has 0 saturated carbocycles. The van der Waals surface area contributed by atoms with Crippen LogP contribution in [0.4, 0.5) is 0 Å². The van der Waals surface area contributed by atoms with Crippen LogP contribution in [0.25, 0.3) is 0 Å². The van der Waals surface area contributed by atoms with E-state index in [0.717, 1.165) is 0 Å². The second-order valence-corrected chi connectivity index (χ2v) is 8.01. The number of hydrogen-bond donors (Lipinski definition) is 8. The minimum absolute atomic E-state index is 0.0262. The molecule has 1 heterocycles. The van der Waals surface area contributed by atoms with Gasteiger partial charge in [-0.2, -0.15) is 12.6 Å². The molecule has 1 aromatic carbocycles. The lowest BCUT2D eigenvalue weighted by atomic mass is 10.1. The van der Waals surface area contributed by atoms with Gasteiger partial charge in [0, 0.05) is 30.5 Å². The number of thiol groups is 1. The molecule has 34 heavy (non-hydrogen) atoms. The van der Waals surface area contributed by atoms with Crippen LogP contribution >= 0.6 is 12.6 Å². The molecule has 12 nitrogen and oxygen atoms in total. The average Bonchev–Trinajstić information content (AvgIpc) is 3.30. The number of amides is 3. The number of hydrogen-bond acceptors (Lipinski definition) is 8. The number of aromatic nitrogens is 2. The van der Waals surface area contributed by atoms with Crippen LogP contribution in [0, 0.1) is 0 Å². The molecule has 0 aliphatic heterocycles. The minimum Gasteiger partial charge on any atom is -0.508 e. The minimum atomic E-state index is -1.28. The highest BCUT2D eigenvalue weighted by Crippen LogP contribution is 2.11. The number of aliphatic carboxylic acids is 1. The van der Waals surface area contributed by atoms with Crippen molar-refractivity contribution in [3.8, 4) is 5.75 Å². The third kappa shape index (κ3) is 8.08. The number of nitrogens with zero attached hydrogens (tertiary/aromatic N) is 1. The summed E-state index contributed by atoms with van der Waals surface area (Å²) in [6.45, 7) is 1.46. The highest BCUT2D eigenvalue weighted by Gasteiger charge is 2.29. The number of carbonyl (C=O) groups excluding carboxylic acids is 3. The highest BCUT2D eigenvalue weighted by molar-refractivity contribution is 7.80. The number of aromatic hydroxyl groups is 1. The molecule has 0 fully saturated rings. The summed E-state index contributed by atoms with van der Waals surface area (Å²) in [5.74, 6) is -3.37. The Morgan fingerprint density at radius 2 is 1.59 bits per heavy atom. The van der Waals surface area contributed by atoms with Gasteiger partial charge in [-0.1, -0.05) is 12.1 Å². The fourth-order valence-electron chi connectivity index (χ4n) is 2.94. The van der Waals surface area contributed by atoms with Crippen LogP contribution in [0.3, 0.4) is 0 Å². The molecule has 2 rings (SSSR count). The monoisotopic (exact) mass is 492 g/mol. The number of H-pyrrole nitrogens is 1. The van der Waals surface area contributed by atoms with Crippen molar-refractivity contribution in [1.29, 1.82) is 0 Å². The van der Waals surface area contributed by atoms with E-state index in [1.54, 1.807) is 0 Å². The number of nitrogens with two attached hydrogens (primary N) is 1. The maximum absolute atomic E-state index is 12.9. The predicted octanol–water partition coefficient (Wildman–Crippen LogP) is -1.28. The van der Waals surface area contributed by atoms with Crippen LogP contribution in [0.15, 0.2) is 36.8 Å². The van der Waals surface area contributed by atoms with E-state index >= 15 is 0 Å². The maximum atomic E-state index is 12.9. The maximum Gasteiger partial charge on any atom is 0.326 e. The normalized spacial score (nSPS) is 14.3. The molecule has 3 amide bonds. The SMILES string of the molecule is CC(N)C(=O)NC(Cc1cnc[nH]1)C(=O)NC(CS)C(=O)NC(Cc1ccc(O)cc1)C(=O)O. The van der Waals surface area contributed by atoms with Crippen molar-refractivity contribution in [2.75, 3.05) is 5.75 Å². The van der Waals surface area contributed by atoms with Gasteiger partial charge in [0.15, 0.2) is 0 Å². The van der Waals surface area contributed by atoms with Crippen LogP contribution in [0.2, 0.25) is 0 Å². The highest BCUT2D eigenvalue weighted by atomic mass is 32.1. The van der Waals surface area contributed by atoms with Gasteiger partial charge in [-0.25, -0.2) is 9.78 Å². The molecule has 8 N–H and O–H groups in total. The summed E-state index contributed by atoms with van der Waals surface area (Å²) < 4.78 is 0. The summed E-state index contributed by atoms with van der Waals surface area (Å²) in [6.07, 6.45) is 2.93. The smallest absolute Gasteiger partial charge is 0.326 e. The van der Waals surface area contributed by atoms with E-state index in [-0.39, 0.29) is 24.3 Å². The number of phenols is 1. The number of rotatable bonds is 12. The first-order valence-electron chi connectivity index (χ1n) is 10.4. The molecule has 0 aliphatic carbocycles. The zero-order chi connectivity index (χ0) is 25.3. The lowest BCUT2D eigenvalue weighted by molar-refractivity contribution is -0.142. The Hall–Kier alpha value is -3.58. The van der Waals surface area contributed by atoms with E-state index in [0.29, 0.717) is 11.3 Å². The Labute approximate surface area is 201 Å². The number of nitrogens with one attached hydrogen (secondary N) is 4. The molecule has 1 aromatic heterocycles. The number of carbonyl (C=O) groups is 4. The van der Waals surface area contributed by atoms with Gasteiger partial charge < -0.3 is 36.9 Å². The van der Waals surface area contributed by atoms with Gasteiger partial charge >= 0.3 is 5.97 Å². The van der Waals surface area contributed by atoms with E-state index in [1.807, 2.05) is 0 Å². The van der Waals surface area contributed by atoms with Gasteiger partial charge in [-0.05, 0) is 24.6 Å². The molecule has 0 aliphatic rings. The molecule has 2 aromatic rings. The van der Waals surface area contributed by atoms with Crippen LogP contribution in [0.5, 0.6) is 5.75 Å². The number of aromatic amines is 1. The second-order valence-electron chi connectivity index (χ2n) is 7.64. The van der Waals surface area contributed by atoms with Crippen molar-refractivity contribution in [1.82, 2.24) is 25.9 Å². The van der Waals surface area contributed by atoms with Gasteiger partial charge in [0.2, 0.25) is 17.7 Å². The summed E-state index contributed by atoms with van der Waals surface area (Å²) in [7, 11) is 0. The van der Waals surface area contributed by atoms with Gasteiger partial charge in [-0.15, -0.1) is 0 Å². The average molecular weight is 493 g/mol. The zero-order valence-corrected chi connectivity index (χ0v) is 19.3. The first kappa shape index (κ1) is 26.7. The number of benzene rings is 1.